The molecule has 0 radical (unpaired) electrons. The van der Waals surface area contributed by atoms with Crippen molar-refractivity contribution in [2.24, 2.45) is 0 Å². The number of carbonyl (C=O) groups is 2. The summed E-state index contributed by atoms with van der Waals surface area (Å²) in [7, 11) is 1.74. The van der Waals surface area contributed by atoms with Gasteiger partial charge in [-0.15, -0.1) is 0 Å². The fourth-order valence-corrected chi connectivity index (χ4v) is 3.93. The van der Waals surface area contributed by atoms with Gasteiger partial charge in [-0.25, -0.2) is 0 Å². The smallest absolute Gasteiger partial charge is 0.241 e. The third-order valence-corrected chi connectivity index (χ3v) is 6.11. The Morgan fingerprint density at radius 2 is 1.52 bits per heavy atom. The van der Waals surface area contributed by atoms with Crippen LogP contribution >= 0.6 is 23.4 Å². The average Bonchev–Trinajstić information content (AvgIpc) is 2.76. The van der Waals surface area contributed by atoms with Gasteiger partial charge in [0.1, 0.15) is 0 Å². The predicted molar refractivity (Wildman–Crippen MR) is 128 cm³/mol. The van der Waals surface area contributed by atoms with Crippen LogP contribution in [0, 0.1) is 0 Å². The van der Waals surface area contributed by atoms with E-state index in [9.17, 15) is 9.59 Å². The van der Waals surface area contributed by atoms with E-state index in [4.69, 9.17) is 11.6 Å². The molecule has 0 aromatic heterocycles. The second kappa shape index (κ2) is 11.0. The second-order valence-corrected chi connectivity index (χ2v) is 8.54. The lowest BCUT2D eigenvalue weighted by atomic mass is 10.2. The van der Waals surface area contributed by atoms with E-state index >= 15 is 0 Å². The van der Waals surface area contributed by atoms with Gasteiger partial charge in [0.05, 0.1) is 29.0 Å². The highest BCUT2D eigenvalue weighted by molar-refractivity contribution is 7.99. The van der Waals surface area contributed by atoms with Crippen molar-refractivity contribution in [3.05, 3.63) is 83.9 Å². The molecule has 0 bridgehead atoms. The Hall–Kier alpha value is -2.80. The Kier molecular flexibility index (Phi) is 8.12. The first kappa shape index (κ1) is 22.9. The monoisotopic (exact) mass is 453 g/mol. The van der Waals surface area contributed by atoms with Gasteiger partial charge in [0, 0.05) is 9.79 Å². The van der Waals surface area contributed by atoms with E-state index in [0.717, 1.165) is 15.5 Å². The van der Waals surface area contributed by atoms with Crippen LogP contribution in [-0.4, -0.2) is 36.3 Å². The summed E-state index contributed by atoms with van der Waals surface area (Å²) in [4.78, 5) is 28.9. The fourth-order valence-electron chi connectivity index (χ4n) is 2.83. The molecular formula is C24H24ClN3O2S. The maximum absolute atomic E-state index is 12.8. The van der Waals surface area contributed by atoms with Gasteiger partial charge in [-0.1, -0.05) is 65.8 Å². The molecule has 1 atom stereocenters. The van der Waals surface area contributed by atoms with Crippen molar-refractivity contribution in [3.8, 4) is 0 Å². The standard InChI is InChI=1S/C24H24ClN3O2S/c1-17(28(2)16-23(29)26-20-13-7-6-12-19(20)25)24(30)27-21-14-8-9-15-22(21)31-18-10-4-3-5-11-18/h3-15,17H,16H2,1-2H3,(H,26,29)(H,27,30). The lowest BCUT2D eigenvalue weighted by Crippen LogP contribution is -2.43. The van der Waals surface area contributed by atoms with E-state index in [0.29, 0.717) is 10.7 Å². The molecule has 3 rings (SSSR count). The Morgan fingerprint density at radius 3 is 2.23 bits per heavy atom. The molecule has 0 aliphatic carbocycles. The molecule has 3 aromatic rings. The molecule has 0 heterocycles. The Bertz CT molecular complexity index is 1050. The summed E-state index contributed by atoms with van der Waals surface area (Å²) in [5.41, 5.74) is 1.29. The Labute approximate surface area is 191 Å². The van der Waals surface area contributed by atoms with Crippen molar-refractivity contribution >= 4 is 46.6 Å². The van der Waals surface area contributed by atoms with Gasteiger partial charge in [-0.2, -0.15) is 0 Å². The number of halogens is 1. The van der Waals surface area contributed by atoms with E-state index < -0.39 is 6.04 Å². The number of benzene rings is 3. The molecule has 1 unspecified atom stereocenters. The summed E-state index contributed by atoms with van der Waals surface area (Å²) in [5, 5.41) is 6.23. The van der Waals surface area contributed by atoms with E-state index in [2.05, 4.69) is 10.6 Å². The number of amides is 2. The zero-order valence-corrected chi connectivity index (χ0v) is 18.9. The minimum Gasteiger partial charge on any atom is -0.324 e. The summed E-state index contributed by atoms with van der Waals surface area (Å²) in [6.07, 6.45) is 0. The summed E-state index contributed by atoms with van der Waals surface area (Å²) in [6.45, 7) is 1.82. The average molecular weight is 454 g/mol. The van der Waals surface area contributed by atoms with Crippen LogP contribution in [0.3, 0.4) is 0 Å². The molecule has 31 heavy (non-hydrogen) atoms. The first-order valence-electron chi connectivity index (χ1n) is 9.81. The maximum atomic E-state index is 12.8. The van der Waals surface area contributed by atoms with Crippen LogP contribution in [0.15, 0.2) is 88.7 Å². The van der Waals surface area contributed by atoms with Gasteiger partial charge in [0.15, 0.2) is 0 Å². The number of hydrogen-bond donors (Lipinski definition) is 2. The lowest BCUT2D eigenvalue weighted by molar-refractivity contribution is -0.122. The molecule has 5 nitrogen and oxygen atoms in total. The highest BCUT2D eigenvalue weighted by Crippen LogP contribution is 2.33. The van der Waals surface area contributed by atoms with Gasteiger partial charge >= 0.3 is 0 Å². The molecule has 0 fully saturated rings. The van der Waals surface area contributed by atoms with Gasteiger partial charge in [0.25, 0.3) is 0 Å². The highest BCUT2D eigenvalue weighted by Gasteiger charge is 2.21. The Balaban J connectivity index is 1.60. The summed E-state index contributed by atoms with van der Waals surface area (Å²) in [5.74, 6) is -0.426. The molecule has 2 amide bonds. The molecule has 7 heteroatoms. The van der Waals surface area contributed by atoms with E-state index in [-0.39, 0.29) is 18.4 Å². The minimum absolute atomic E-state index is 0.0558. The quantitative estimate of drug-likeness (QED) is 0.480. The van der Waals surface area contributed by atoms with Crippen LogP contribution in [0.4, 0.5) is 11.4 Å². The maximum Gasteiger partial charge on any atom is 0.241 e. The zero-order valence-electron chi connectivity index (χ0n) is 17.3. The van der Waals surface area contributed by atoms with Crippen LogP contribution in [0.2, 0.25) is 5.02 Å². The zero-order chi connectivity index (χ0) is 22.2. The second-order valence-electron chi connectivity index (χ2n) is 7.02. The van der Waals surface area contributed by atoms with Gasteiger partial charge < -0.3 is 10.6 Å². The molecular weight excluding hydrogens is 430 g/mol. The molecule has 0 saturated carbocycles. The third-order valence-electron chi connectivity index (χ3n) is 4.70. The van der Waals surface area contributed by atoms with Crippen molar-refractivity contribution in [3.63, 3.8) is 0 Å². The van der Waals surface area contributed by atoms with Gasteiger partial charge in [0.2, 0.25) is 11.8 Å². The van der Waals surface area contributed by atoms with Crippen molar-refractivity contribution < 1.29 is 9.59 Å². The number of rotatable bonds is 8. The fraction of sp³-hybridized carbons (Fsp3) is 0.167. The van der Waals surface area contributed by atoms with Crippen LogP contribution in [0.25, 0.3) is 0 Å². The van der Waals surface area contributed by atoms with Crippen LogP contribution in [-0.2, 0) is 9.59 Å². The molecule has 160 valence electrons. The number of nitrogens with one attached hydrogen (secondary N) is 2. The van der Waals surface area contributed by atoms with Crippen LogP contribution in [0.1, 0.15) is 6.92 Å². The number of likely N-dealkylation sites (N-methyl/N-ethyl adjacent to an activating group) is 1. The SMILES string of the molecule is CC(C(=O)Nc1ccccc1Sc1ccccc1)N(C)CC(=O)Nc1ccccc1Cl. The van der Waals surface area contributed by atoms with Crippen LogP contribution in [0.5, 0.6) is 0 Å². The molecule has 2 N–H and O–H groups in total. The molecule has 0 aliphatic heterocycles. The van der Waals surface area contributed by atoms with E-state index in [1.54, 1.807) is 54.9 Å². The van der Waals surface area contributed by atoms with Gasteiger partial charge in [-0.05, 0) is 50.4 Å². The lowest BCUT2D eigenvalue weighted by Gasteiger charge is -2.24. The summed E-state index contributed by atoms with van der Waals surface area (Å²) in [6, 6.07) is 24.2. The minimum atomic E-state index is -0.508. The van der Waals surface area contributed by atoms with Crippen molar-refractivity contribution in [2.75, 3.05) is 24.2 Å². The third kappa shape index (κ3) is 6.59. The predicted octanol–water partition coefficient (Wildman–Crippen LogP) is 5.39. The number of nitrogens with zero attached hydrogens (tertiary/aromatic N) is 1. The molecule has 0 aliphatic rings. The topological polar surface area (TPSA) is 61.4 Å². The first-order chi connectivity index (χ1) is 14.9. The van der Waals surface area contributed by atoms with Crippen molar-refractivity contribution in [2.45, 2.75) is 22.8 Å². The molecule has 3 aromatic carbocycles. The first-order valence-corrected chi connectivity index (χ1v) is 11.0. The van der Waals surface area contributed by atoms with Crippen molar-refractivity contribution in [1.82, 2.24) is 4.90 Å². The number of carbonyl (C=O) groups excluding carboxylic acids is 2. The van der Waals surface area contributed by atoms with E-state index in [1.165, 1.54) is 0 Å². The summed E-state index contributed by atoms with van der Waals surface area (Å²) >= 11 is 7.67. The largest absolute Gasteiger partial charge is 0.324 e. The molecule has 0 spiro atoms. The summed E-state index contributed by atoms with van der Waals surface area (Å²) < 4.78 is 0. The number of anilines is 2. The molecule has 0 saturated heterocycles. The normalized spacial score (nSPS) is 11.7. The number of para-hydroxylation sites is 2. The number of hydrogen-bond acceptors (Lipinski definition) is 4. The van der Waals surface area contributed by atoms with E-state index in [1.807, 2.05) is 54.6 Å². The van der Waals surface area contributed by atoms with Crippen molar-refractivity contribution in [1.29, 1.82) is 0 Å². The Morgan fingerprint density at radius 1 is 0.903 bits per heavy atom. The van der Waals surface area contributed by atoms with Crippen LogP contribution < -0.4 is 10.6 Å². The highest BCUT2D eigenvalue weighted by atomic mass is 35.5. The van der Waals surface area contributed by atoms with Gasteiger partial charge in [-0.3, -0.25) is 14.5 Å².